The molecule has 1 fully saturated rings. The highest BCUT2D eigenvalue weighted by atomic mass is 16.7. The Hall–Kier alpha value is -3.10. The number of unbranched alkanes of at least 4 members (excludes halogenated alkanes) is 5. The van der Waals surface area contributed by atoms with Crippen LogP contribution in [0, 0.1) is 0 Å². The van der Waals surface area contributed by atoms with Gasteiger partial charge in [0.25, 0.3) is 11.8 Å². The highest BCUT2D eigenvalue weighted by molar-refractivity contribution is 6.01. The van der Waals surface area contributed by atoms with Gasteiger partial charge in [0.15, 0.2) is 0 Å². The van der Waals surface area contributed by atoms with Crippen LogP contribution in [-0.2, 0) is 30.5 Å². The van der Waals surface area contributed by atoms with E-state index in [2.05, 4.69) is 6.92 Å². The number of imide groups is 1. The Bertz CT molecular complexity index is 845. The number of carbonyl (C=O) groups excluding carboxylic acids is 4. The van der Waals surface area contributed by atoms with Crippen molar-refractivity contribution in [1.82, 2.24) is 9.96 Å². The van der Waals surface area contributed by atoms with Crippen LogP contribution in [0.5, 0.6) is 5.75 Å². The number of rotatable bonds is 13. The zero-order chi connectivity index (χ0) is 25.8. The molecular weight excluding hydrogens is 452 g/mol. The molecule has 9 heteroatoms. The topological polar surface area (TPSA) is 102 Å². The maximum Gasteiger partial charge on any atom is 0.411 e. The summed E-state index contributed by atoms with van der Waals surface area (Å²) in [5.74, 6) is -1.33. The molecule has 0 N–H and O–H groups in total. The minimum atomic E-state index is -0.904. The summed E-state index contributed by atoms with van der Waals surface area (Å²) in [6, 6.07) is 7.26. The molecule has 0 atom stereocenters. The Balaban J connectivity index is 1.93. The zero-order valence-corrected chi connectivity index (χ0v) is 21.3. The average molecular weight is 491 g/mol. The van der Waals surface area contributed by atoms with Gasteiger partial charge >= 0.3 is 12.1 Å². The number of carbonyl (C=O) groups is 4. The first-order valence-corrected chi connectivity index (χ1v) is 12.4. The van der Waals surface area contributed by atoms with E-state index in [0.717, 1.165) is 24.2 Å². The van der Waals surface area contributed by atoms with Gasteiger partial charge in [-0.2, -0.15) is 0 Å². The van der Waals surface area contributed by atoms with Crippen molar-refractivity contribution in [3.63, 3.8) is 0 Å². The smallest absolute Gasteiger partial charge is 0.411 e. The molecule has 0 aliphatic carbocycles. The molecule has 1 saturated heterocycles. The standard InChI is InChI=1S/C26H38N2O7/c1-5-6-7-8-9-10-17-33-21-13-11-20(12-14-21)18-27(25(32)34-26(2,3)4)19-24(31)35-28-22(29)15-16-23(28)30/h11-14H,5-10,15-19H2,1-4H3. The average Bonchev–Trinajstić information content (AvgIpc) is 3.10. The Labute approximate surface area is 207 Å². The van der Waals surface area contributed by atoms with Crippen LogP contribution in [0.25, 0.3) is 0 Å². The molecule has 3 amide bonds. The monoisotopic (exact) mass is 490 g/mol. The van der Waals surface area contributed by atoms with Crippen molar-refractivity contribution < 1.29 is 33.5 Å². The van der Waals surface area contributed by atoms with Crippen LogP contribution in [-0.4, -0.2) is 52.6 Å². The lowest BCUT2D eigenvalue weighted by Crippen LogP contribution is -2.42. The molecular formula is C26H38N2O7. The molecule has 0 unspecified atom stereocenters. The first-order chi connectivity index (χ1) is 16.6. The fraction of sp³-hybridized carbons (Fsp3) is 0.615. The molecule has 0 aromatic heterocycles. The molecule has 35 heavy (non-hydrogen) atoms. The van der Waals surface area contributed by atoms with Gasteiger partial charge in [-0.1, -0.05) is 51.2 Å². The van der Waals surface area contributed by atoms with Gasteiger partial charge in [-0.05, 0) is 44.9 Å². The third-order valence-electron chi connectivity index (χ3n) is 5.23. The number of ether oxygens (including phenoxy) is 2. The van der Waals surface area contributed by atoms with Crippen LogP contribution < -0.4 is 4.74 Å². The third-order valence-corrected chi connectivity index (χ3v) is 5.23. The van der Waals surface area contributed by atoms with E-state index in [0.29, 0.717) is 11.7 Å². The van der Waals surface area contributed by atoms with Crippen molar-refractivity contribution in [1.29, 1.82) is 0 Å². The van der Waals surface area contributed by atoms with Crippen molar-refractivity contribution in [2.45, 2.75) is 91.2 Å². The van der Waals surface area contributed by atoms with Crippen molar-refractivity contribution in [3.05, 3.63) is 29.8 Å². The summed E-state index contributed by atoms with van der Waals surface area (Å²) in [6.45, 7) is 7.60. The molecule has 1 aromatic rings. The lowest BCUT2D eigenvalue weighted by Gasteiger charge is -2.27. The van der Waals surface area contributed by atoms with Gasteiger partial charge in [0.2, 0.25) is 0 Å². The summed E-state index contributed by atoms with van der Waals surface area (Å²) in [5, 5.41) is 0.464. The summed E-state index contributed by atoms with van der Waals surface area (Å²) in [4.78, 5) is 54.6. The summed E-state index contributed by atoms with van der Waals surface area (Å²) >= 11 is 0. The zero-order valence-electron chi connectivity index (χ0n) is 21.3. The van der Waals surface area contributed by atoms with Gasteiger partial charge in [0.1, 0.15) is 17.9 Å². The second-order valence-electron chi connectivity index (χ2n) is 9.64. The second kappa shape index (κ2) is 13.7. The molecule has 1 aromatic carbocycles. The predicted molar refractivity (Wildman–Crippen MR) is 129 cm³/mol. The Morgan fingerprint density at radius 2 is 1.54 bits per heavy atom. The van der Waals surface area contributed by atoms with Gasteiger partial charge in [-0.15, -0.1) is 5.06 Å². The Kier molecular flexibility index (Phi) is 11.0. The molecule has 2 rings (SSSR count). The number of amides is 3. The normalized spacial score (nSPS) is 13.7. The number of hydrogen-bond acceptors (Lipinski definition) is 7. The second-order valence-corrected chi connectivity index (χ2v) is 9.64. The van der Waals surface area contributed by atoms with E-state index in [1.54, 1.807) is 20.8 Å². The van der Waals surface area contributed by atoms with E-state index in [1.807, 2.05) is 24.3 Å². The molecule has 0 radical (unpaired) electrons. The van der Waals surface area contributed by atoms with Crippen molar-refractivity contribution in [2.75, 3.05) is 13.2 Å². The molecule has 1 aliphatic heterocycles. The highest BCUT2D eigenvalue weighted by Gasteiger charge is 2.34. The predicted octanol–water partition coefficient (Wildman–Crippen LogP) is 4.77. The van der Waals surface area contributed by atoms with Crippen LogP contribution in [0.1, 0.15) is 84.6 Å². The molecule has 1 heterocycles. The first kappa shape index (κ1) is 28.1. The number of nitrogens with zero attached hydrogens (tertiary/aromatic N) is 2. The highest BCUT2D eigenvalue weighted by Crippen LogP contribution is 2.18. The summed E-state index contributed by atoms with van der Waals surface area (Å²) < 4.78 is 11.2. The van der Waals surface area contributed by atoms with E-state index in [9.17, 15) is 19.2 Å². The molecule has 0 bridgehead atoms. The number of benzene rings is 1. The first-order valence-electron chi connectivity index (χ1n) is 12.4. The summed E-state index contributed by atoms with van der Waals surface area (Å²) in [7, 11) is 0. The Morgan fingerprint density at radius 1 is 0.943 bits per heavy atom. The molecule has 194 valence electrons. The molecule has 0 saturated carbocycles. The largest absolute Gasteiger partial charge is 0.494 e. The van der Waals surface area contributed by atoms with Crippen LogP contribution in [0.4, 0.5) is 4.79 Å². The van der Waals surface area contributed by atoms with E-state index in [-0.39, 0.29) is 19.4 Å². The molecule has 0 spiro atoms. The fourth-order valence-corrected chi connectivity index (χ4v) is 3.44. The summed E-state index contributed by atoms with van der Waals surface area (Å²) in [6.07, 6.45) is 6.41. The maximum absolute atomic E-state index is 12.7. The molecule has 1 aliphatic rings. The van der Waals surface area contributed by atoms with Crippen LogP contribution in [0.3, 0.4) is 0 Å². The minimum Gasteiger partial charge on any atom is -0.494 e. The molecule has 9 nitrogen and oxygen atoms in total. The van der Waals surface area contributed by atoms with Gasteiger partial charge in [0, 0.05) is 19.4 Å². The van der Waals surface area contributed by atoms with Gasteiger partial charge in [0.05, 0.1) is 6.61 Å². The van der Waals surface area contributed by atoms with Crippen LogP contribution >= 0.6 is 0 Å². The lowest BCUT2D eigenvalue weighted by molar-refractivity contribution is -0.198. The van der Waals surface area contributed by atoms with Crippen LogP contribution in [0.15, 0.2) is 24.3 Å². The fourth-order valence-electron chi connectivity index (χ4n) is 3.44. The number of hydroxylamine groups is 2. The van der Waals surface area contributed by atoms with Crippen molar-refractivity contribution in [2.24, 2.45) is 0 Å². The van der Waals surface area contributed by atoms with Crippen LogP contribution in [0.2, 0.25) is 0 Å². The quantitative estimate of drug-likeness (QED) is 0.290. The van der Waals surface area contributed by atoms with Gasteiger partial charge in [-0.3, -0.25) is 14.5 Å². The van der Waals surface area contributed by atoms with E-state index in [4.69, 9.17) is 14.3 Å². The SMILES string of the molecule is CCCCCCCCOc1ccc(CN(CC(=O)ON2C(=O)CCC2=O)C(=O)OC(C)(C)C)cc1. The third kappa shape index (κ3) is 10.4. The van der Waals surface area contributed by atoms with E-state index >= 15 is 0 Å². The van der Waals surface area contributed by atoms with E-state index < -0.39 is 36.0 Å². The maximum atomic E-state index is 12.7. The van der Waals surface area contributed by atoms with E-state index in [1.165, 1.54) is 30.6 Å². The minimum absolute atomic E-state index is 0.00479. The number of hydrogen-bond donors (Lipinski definition) is 0. The van der Waals surface area contributed by atoms with Crippen molar-refractivity contribution >= 4 is 23.9 Å². The summed E-state index contributed by atoms with van der Waals surface area (Å²) in [5.41, 5.74) is -0.0159. The lowest BCUT2D eigenvalue weighted by atomic mass is 10.1. The van der Waals surface area contributed by atoms with Gasteiger partial charge in [-0.25, -0.2) is 9.59 Å². The Morgan fingerprint density at radius 3 is 2.14 bits per heavy atom. The van der Waals surface area contributed by atoms with Crippen molar-refractivity contribution in [3.8, 4) is 5.75 Å². The van der Waals surface area contributed by atoms with Gasteiger partial charge < -0.3 is 14.3 Å².